The first kappa shape index (κ1) is 15.2. The monoisotopic (exact) mass is 309 g/mol. The molecule has 2 aromatic rings. The van der Waals surface area contributed by atoms with Crippen LogP contribution < -0.4 is 11.1 Å². The molecule has 5 nitrogen and oxygen atoms in total. The molecule has 1 aromatic heterocycles. The third-order valence-corrected chi connectivity index (χ3v) is 3.89. The van der Waals surface area contributed by atoms with Crippen LogP contribution in [0.1, 0.15) is 27.9 Å². The zero-order valence-electron chi connectivity index (χ0n) is 12.0. The Hall–Kier alpha value is -2.15. The second-order valence-electron chi connectivity index (χ2n) is 4.43. The number of esters is 1. The lowest BCUT2D eigenvalue weighted by molar-refractivity contribution is 0.0527. The van der Waals surface area contributed by atoms with Crippen molar-refractivity contribution in [2.24, 2.45) is 0 Å². The van der Waals surface area contributed by atoms with Crippen molar-refractivity contribution in [1.29, 1.82) is 0 Å². The smallest absolute Gasteiger partial charge is 0.340 e. The number of carbonyl (C=O) groups excluding carboxylic acids is 1. The summed E-state index contributed by atoms with van der Waals surface area (Å²) >= 11 is 1.41. The van der Waals surface area contributed by atoms with E-state index in [9.17, 15) is 9.18 Å². The van der Waals surface area contributed by atoms with E-state index in [2.05, 4.69) is 10.3 Å². The van der Waals surface area contributed by atoms with Crippen LogP contribution in [0.4, 0.5) is 20.9 Å². The number of carbonyl (C=O) groups is 1. The van der Waals surface area contributed by atoms with Gasteiger partial charge in [-0.1, -0.05) is 0 Å². The van der Waals surface area contributed by atoms with Gasteiger partial charge in [-0.3, -0.25) is 0 Å². The summed E-state index contributed by atoms with van der Waals surface area (Å²) < 4.78 is 18.8. The maximum absolute atomic E-state index is 14.0. The quantitative estimate of drug-likeness (QED) is 0.668. The summed E-state index contributed by atoms with van der Waals surface area (Å²) in [4.78, 5) is 17.1. The Bertz CT molecular complexity index is 666. The van der Waals surface area contributed by atoms with Crippen molar-refractivity contribution < 1.29 is 13.9 Å². The Morgan fingerprint density at radius 3 is 2.76 bits per heavy atom. The maximum atomic E-state index is 14.0. The molecular formula is C14H16FN3O2S. The van der Waals surface area contributed by atoms with Crippen LogP contribution in [0.15, 0.2) is 12.1 Å². The van der Waals surface area contributed by atoms with Gasteiger partial charge in [-0.25, -0.2) is 14.2 Å². The number of nitrogens with zero attached hydrogens (tertiary/aromatic N) is 1. The second-order valence-corrected chi connectivity index (χ2v) is 5.63. The van der Waals surface area contributed by atoms with Gasteiger partial charge < -0.3 is 15.8 Å². The van der Waals surface area contributed by atoms with Crippen LogP contribution in [-0.4, -0.2) is 17.6 Å². The lowest BCUT2D eigenvalue weighted by atomic mass is 10.1. The molecule has 0 bridgehead atoms. The third-order valence-electron chi connectivity index (χ3n) is 2.90. The van der Waals surface area contributed by atoms with Crippen LogP contribution in [0.3, 0.4) is 0 Å². The van der Waals surface area contributed by atoms with Gasteiger partial charge in [0.2, 0.25) is 0 Å². The number of thiazole rings is 1. The fourth-order valence-electron chi connectivity index (χ4n) is 1.71. The number of aryl methyl sites for hydroxylation is 2. The van der Waals surface area contributed by atoms with Crippen molar-refractivity contribution in [3.8, 4) is 0 Å². The zero-order valence-corrected chi connectivity index (χ0v) is 12.8. The van der Waals surface area contributed by atoms with Crippen molar-refractivity contribution in [2.75, 3.05) is 17.7 Å². The van der Waals surface area contributed by atoms with Crippen LogP contribution in [0.2, 0.25) is 0 Å². The summed E-state index contributed by atoms with van der Waals surface area (Å²) in [6.07, 6.45) is 0. The summed E-state index contributed by atoms with van der Waals surface area (Å²) in [6.45, 7) is 5.73. The molecule has 0 radical (unpaired) electrons. The number of hydrogen-bond acceptors (Lipinski definition) is 6. The van der Waals surface area contributed by atoms with Crippen LogP contribution in [0.25, 0.3) is 0 Å². The molecule has 2 rings (SSSR count). The number of ether oxygens (including phenoxy) is 1. The maximum Gasteiger partial charge on any atom is 0.340 e. The first-order valence-electron chi connectivity index (χ1n) is 6.39. The van der Waals surface area contributed by atoms with E-state index in [4.69, 9.17) is 10.5 Å². The summed E-state index contributed by atoms with van der Waals surface area (Å²) in [6, 6.07) is 2.44. The summed E-state index contributed by atoms with van der Waals surface area (Å²) in [7, 11) is 0. The number of nitrogens with two attached hydrogens (primary N) is 1. The molecule has 0 atom stereocenters. The van der Waals surface area contributed by atoms with E-state index in [0.717, 1.165) is 16.6 Å². The molecule has 0 unspecified atom stereocenters. The molecule has 21 heavy (non-hydrogen) atoms. The predicted molar refractivity (Wildman–Crippen MR) is 81.6 cm³/mol. The Morgan fingerprint density at radius 2 is 2.19 bits per heavy atom. The number of halogens is 1. The summed E-state index contributed by atoms with van der Waals surface area (Å²) in [5.74, 6) is -1.13. The highest BCUT2D eigenvalue weighted by Gasteiger charge is 2.16. The van der Waals surface area contributed by atoms with E-state index in [1.807, 2.05) is 13.8 Å². The molecule has 0 amide bonds. The van der Waals surface area contributed by atoms with Crippen LogP contribution in [0.5, 0.6) is 0 Å². The van der Waals surface area contributed by atoms with Gasteiger partial charge >= 0.3 is 5.97 Å². The number of rotatable bonds is 4. The van der Waals surface area contributed by atoms with Crippen molar-refractivity contribution in [1.82, 2.24) is 4.98 Å². The van der Waals surface area contributed by atoms with Crippen molar-refractivity contribution in [2.45, 2.75) is 20.8 Å². The number of aromatic nitrogens is 1. The number of nitrogen functional groups attached to an aromatic ring is 1. The average molecular weight is 309 g/mol. The minimum Gasteiger partial charge on any atom is -0.462 e. The molecule has 1 aromatic carbocycles. The molecule has 0 saturated carbocycles. The molecular weight excluding hydrogens is 293 g/mol. The minimum atomic E-state index is -0.579. The topological polar surface area (TPSA) is 77.2 Å². The Morgan fingerprint density at radius 1 is 1.48 bits per heavy atom. The standard InChI is InChI=1S/C14H16FN3O2S/c1-4-20-13(19)9-5-12(10(15)6-11(9)16)18-14-17-7(2)8(3)21-14/h5-6H,4,16H2,1-3H3,(H,17,18). The molecule has 1 heterocycles. The fraction of sp³-hybridized carbons (Fsp3) is 0.286. The average Bonchev–Trinajstić information content (AvgIpc) is 2.72. The molecule has 0 aliphatic carbocycles. The van der Waals surface area contributed by atoms with Crippen molar-refractivity contribution >= 4 is 33.8 Å². The summed E-state index contributed by atoms with van der Waals surface area (Å²) in [5.41, 5.74) is 6.85. The van der Waals surface area contributed by atoms with Gasteiger partial charge in [0.25, 0.3) is 0 Å². The zero-order chi connectivity index (χ0) is 15.6. The van der Waals surface area contributed by atoms with E-state index in [0.29, 0.717) is 5.13 Å². The molecule has 0 spiro atoms. The van der Waals surface area contributed by atoms with Gasteiger partial charge in [0.1, 0.15) is 5.82 Å². The fourth-order valence-corrected chi connectivity index (χ4v) is 2.54. The van der Waals surface area contributed by atoms with Crippen molar-refractivity contribution in [3.05, 3.63) is 34.1 Å². The second kappa shape index (κ2) is 6.09. The van der Waals surface area contributed by atoms with E-state index in [1.165, 1.54) is 17.4 Å². The van der Waals surface area contributed by atoms with E-state index >= 15 is 0 Å². The third kappa shape index (κ3) is 3.30. The predicted octanol–water partition coefficient (Wildman–Crippen LogP) is 3.40. The minimum absolute atomic E-state index is 0.0444. The van der Waals surface area contributed by atoms with Gasteiger partial charge in [0.05, 0.1) is 23.6 Å². The van der Waals surface area contributed by atoms with Gasteiger partial charge in [-0.15, -0.1) is 11.3 Å². The Balaban J connectivity index is 2.35. The highest BCUT2D eigenvalue weighted by atomic mass is 32.1. The first-order valence-corrected chi connectivity index (χ1v) is 7.21. The lowest BCUT2D eigenvalue weighted by Crippen LogP contribution is -2.09. The van der Waals surface area contributed by atoms with Gasteiger partial charge in [0, 0.05) is 10.6 Å². The number of nitrogens with one attached hydrogen (secondary N) is 1. The van der Waals surface area contributed by atoms with Crippen LogP contribution in [0, 0.1) is 19.7 Å². The van der Waals surface area contributed by atoms with E-state index < -0.39 is 11.8 Å². The normalized spacial score (nSPS) is 10.5. The Labute approximate surface area is 126 Å². The molecule has 0 aliphatic rings. The summed E-state index contributed by atoms with van der Waals surface area (Å²) in [5, 5.41) is 3.43. The molecule has 0 fully saturated rings. The van der Waals surface area contributed by atoms with Crippen LogP contribution >= 0.6 is 11.3 Å². The molecule has 0 aliphatic heterocycles. The largest absolute Gasteiger partial charge is 0.462 e. The molecule has 0 saturated heterocycles. The lowest BCUT2D eigenvalue weighted by Gasteiger charge is -2.10. The number of benzene rings is 1. The highest BCUT2D eigenvalue weighted by molar-refractivity contribution is 7.15. The van der Waals surface area contributed by atoms with Crippen molar-refractivity contribution in [3.63, 3.8) is 0 Å². The molecule has 112 valence electrons. The number of hydrogen-bond donors (Lipinski definition) is 2. The van der Waals surface area contributed by atoms with Gasteiger partial charge in [0.15, 0.2) is 5.13 Å². The Kier molecular flexibility index (Phi) is 4.42. The van der Waals surface area contributed by atoms with E-state index in [-0.39, 0.29) is 23.5 Å². The molecule has 7 heteroatoms. The van der Waals surface area contributed by atoms with E-state index in [1.54, 1.807) is 6.92 Å². The van der Waals surface area contributed by atoms with Crippen LogP contribution in [-0.2, 0) is 4.74 Å². The SMILES string of the molecule is CCOC(=O)c1cc(Nc2nc(C)c(C)s2)c(F)cc1N. The number of anilines is 3. The first-order chi connectivity index (χ1) is 9.92. The van der Waals surface area contributed by atoms with Gasteiger partial charge in [-0.2, -0.15) is 0 Å². The highest BCUT2D eigenvalue weighted by Crippen LogP contribution is 2.29. The van der Waals surface area contributed by atoms with Gasteiger partial charge in [-0.05, 0) is 32.9 Å². The molecule has 3 N–H and O–H groups in total.